The summed E-state index contributed by atoms with van der Waals surface area (Å²) in [6.07, 6.45) is 9.31. The first-order valence-corrected chi connectivity index (χ1v) is 9.92. The summed E-state index contributed by atoms with van der Waals surface area (Å²) in [6.45, 7) is 5.94. The Kier molecular flexibility index (Phi) is 4.32. The fourth-order valence-corrected chi connectivity index (χ4v) is 4.40. The summed E-state index contributed by atoms with van der Waals surface area (Å²) in [4.78, 5) is 14.2. The Morgan fingerprint density at radius 2 is 1.86 bits per heavy atom. The Hall–Kier alpha value is -3.14. The average Bonchev–Trinajstić information content (AvgIpc) is 2.74. The molecule has 0 spiro atoms. The zero-order chi connectivity index (χ0) is 18.9. The van der Waals surface area contributed by atoms with Gasteiger partial charge in [-0.1, -0.05) is 42.5 Å². The third-order valence-corrected chi connectivity index (χ3v) is 5.69. The van der Waals surface area contributed by atoms with E-state index in [1.165, 1.54) is 33.6 Å². The predicted octanol–water partition coefficient (Wildman–Crippen LogP) is 4.29. The molecule has 0 fully saturated rings. The lowest BCUT2D eigenvalue weighted by atomic mass is 10.0. The van der Waals surface area contributed by atoms with Crippen LogP contribution in [0.2, 0.25) is 0 Å². The van der Waals surface area contributed by atoms with E-state index in [-0.39, 0.29) is 0 Å². The van der Waals surface area contributed by atoms with Gasteiger partial charge in [0, 0.05) is 56.1 Å². The molecule has 2 aliphatic rings. The summed E-state index contributed by atoms with van der Waals surface area (Å²) in [6, 6.07) is 14.9. The Labute approximate surface area is 165 Å². The fraction of sp³-hybridized carbons (Fsp3) is 0.250. The largest absolute Gasteiger partial charge is 0.353 e. The molecule has 4 heterocycles. The summed E-state index contributed by atoms with van der Waals surface area (Å²) in [5, 5.41) is 1.20. The van der Waals surface area contributed by atoms with E-state index in [9.17, 15) is 0 Å². The lowest BCUT2D eigenvalue weighted by molar-refractivity contribution is 0.196. The highest BCUT2D eigenvalue weighted by molar-refractivity contribution is 5.81. The molecule has 0 N–H and O–H groups in total. The molecule has 0 saturated heterocycles. The number of para-hydroxylation sites is 1. The average molecular weight is 368 g/mol. The summed E-state index contributed by atoms with van der Waals surface area (Å²) in [7, 11) is 0. The van der Waals surface area contributed by atoms with Gasteiger partial charge in [-0.2, -0.15) is 0 Å². The zero-order valence-electron chi connectivity index (χ0n) is 16.2. The van der Waals surface area contributed by atoms with Crippen LogP contribution >= 0.6 is 0 Å². The molecule has 4 heteroatoms. The molecular weight excluding hydrogens is 344 g/mol. The quantitative estimate of drug-likeness (QED) is 0.690. The minimum absolute atomic E-state index is 0.863. The van der Waals surface area contributed by atoms with Gasteiger partial charge in [0.2, 0.25) is 0 Å². The molecule has 0 saturated carbocycles. The van der Waals surface area contributed by atoms with Crippen molar-refractivity contribution < 1.29 is 0 Å². The summed E-state index contributed by atoms with van der Waals surface area (Å²) in [5.74, 6) is 1.34. The number of nitrogens with zero attached hydrogens (tertiary/aromatic N) is 4. The van der Waals surface area contributed by atoms with Crippen LogP contribution in [-0.4, -0.2) is 32.9 Å². The maximum Gasteiger partial charge on any atom is 0.108 e. The Morgan fingerprint density at radius 1 is 1.00 bits per heavy atom. The second-order valence-corrected chi connectivity index (χ2v) is 7.56. The minimum Gasteiger partial charge on any atom is -0.353 e. The standard InChI is InChI=1S/C24H24N4/c1-18-6-5-14-27(17-21-8-2-7-19-9-3-13-26-23(19)21)24(18)28-15-11-22-20(16-28)10-4-12-25-22/h2-10,12-13H,11,14-17H2,1H3. The molecule has 4 nitrogen and oxygen atoms in total. The molecule has 0 atom stereocenters. The Bertz CT molecular complexity index is 1080. The summed E-state index contributed by atoms with van der Waals surface area (Å²) >= 11 is 0. The van der Waals surface area contributed by atoms with Gasteiger partial charge in [0.05, 0.1) is 5.52 Å². The van der Waals surface area contributed by atoms with Gasteiger partial charge in [0.25, 0.3) is 0 Å². The van der Waals surface area contributed by atoms with Gasteiger partial charge in [0.15, 0.2) is 0 Å². The van der Waals surface area contributed by atoms with Crippen molar-refractivity contribution >= 4 is 10.9 Å². The van der Waals surface area contributed by atoms with Gasteiger partial charge >= 0.3 is 0 Å². The predicted molar refractivity (Wildman–Crippen MR) is 112 cm³/mol. The van der Waals surface area contributed by atoms with E-state index >= 15 is 0 Å². The third kappa shape index (κ3) is 3.05. The highest BCUT2D eigenvalue weighted by Crippen LogP contribution is 2.29. The van der Waals surface area contributed by atoms with Crippen LogP contribution in [0.25, 0.3) is 10.9 Å². The van der Waals surface area contributed by atoms with E-state index in [0.717, 1.165) is 38.1 Å². The lowest BCUT2D eigenvalue weighted by Crippen LogP contribution is -2.40. The van der Waals surface area contributed by atoms with Crippen LogP contribution in [0.3, 0.4) is 0 Å². The molecule has 0 bridgehead atoms. The van der Waals surface area contributed by atoms with Gasteiger partial charge in [-0.05, 0) is 35.8 Å². The van der Waals surface area contributed by atoms with Crippen molar-refractivity contribution in [2.45, 2.75) is 26.4 Å². The van der Waals surface area contributed by atoms with Crippen molar-refractivity contribution in [3.63, 3.8) is 0 Å². The van der Waals surface area contributed by atoms with Crippen molar-refractivity contribution in [3.8, 4) is 0 Å². The molecule has 0 unspecified atom stereocenters. The molecule has 0 amide bonds. The first-order valence-electron chi connectivity index (χ1n) is 9.92. The van der Waals surface area contributed by atoms with Crippen LogP contribution < -0.4 is 0 Å². The number of allylic oxidation sites excluding steroid dienone is 2. The minimum atomic E-state index is 0.863. The van der Waals surface area contributed by atoms with Crippen LogP contribution in [0.4, 0.5) is 0 Å². The molecule has 2 aromatic heterocycles. The molecule has 0 aliphatic carbocycles. The van der Waals surface area contributed by atoms with Crippen LogP contribution in [-0.2, 0) is 19.5 Å². The molecular formula is C24H24N4. The number of benzene rings is 1. The topological polar surface area (TPSA) is 32.3 Å². The third-order valence-electron chi connectivity index (χ3n) is 5.69. The fourth-order valence-electron chi connectivity index (χ4n) is 4.40. The summed E-state index contributed by atoms with van der Waals surface area (Å²) in [5.41, 5.74) is 6.29. The second kappa shape index (κ2) is 7.12. The summed E-state index contributed by atoms with van der Waals surface area (Å²) < 4.78 is 0. The van der Waals surface area contributed by atoms with Crippen molar-refractivity contribution in [2.75, 3.05) is 13.1 Å². The molecule has 2 aliphatic heterocycles. The molecule has 3 aromatic rings. The number of hydrogen-bond acceptors (Lipinski definition) is 4. The van der Waals surface area contributed by atoms with E-state index in [1.54, 1.807) is 0 Å². The molecule has 0 radical (unpaired) electrons. The van der Waals surface area contributed by atoms with Crippen molar-refractivity contribution in [2.24, 2.45) is 0 Å². The van der Waals surface area contributed by atoms with Gasteiger partial charge in [-0.15, -0.1) is 0 Å². The van der Waals surface area contributed by atoms with Crippen molar-refractivity contribution in [3.05, 3.63) is 95.2 Å². The molecule has 140 valence electrons. The number of fused-ring (bicyclic) bond motifs is 2. The monoisotopic (exact) mass is 368 g/mol. The molecule has 1 aromatic carbocycles. The SMILES string of the molecule is CC1=C(N2CCc3ncccc3C2)N(Cc2cccc3cccnc23)CC=C1. The van der Waals surface area contributed by atoms with E-state index in [0.29, 0.717) is 0 Å². The molecule has 5 rings (SSSR count). The normalized spacial score (nSPS) is 16.6. The van der Waals surface area contributed by atoms with Crippen LogP contribution in [0, 0.1) is 0 Å². The number of rotatable bonds is 3. The highest BCUT2D eigenvalue weighted by atomic mass is 15.3. The van der Waals surface area contributed by atoms with Crippen LogP contribution in [0.1, 0.15) is 23.7 Å². The highest BCUT2D eigenvalue weighted by Gasteiger charge is 2.25. The number of pyridine rings is 2. The van der Waals surface area contributed by atoms with Gasteiger partial charge in [-0.25, -0.2) is 0 Å². The van der Waals surface area contributed by atoms with Crippen LogP contribution in [0.15, 0.2) is 78.4 Å². The number of hydrogen-bond donors (Lipinski definition) is 0. The maximum atomic E-state index is 4.65. The van der Waals surface area contributed by atoms with Gasteiger partial charge < -0.3 is 9.80 Å². The Morgan fingerprint density at radius 3 is 2.82 bits per heavy atom. The van der Waals surface area contributed by atoms with E-state index < -0.39 is 0 Å². The van der Waals surface area contributed by atoms with Gasteiger partial charge in [0.1, 0.15) is 5.82 Å². The first-order chi connectivity index (χ1) is 13.8. The first kappa shape index (κ1) is 17.0. The lowest BCUT2D eigenvalue weighted by Gasteiger charge is -2.40. The molecule has 28 heavy (non-hydrogen) atoms. The van der Waals surface area contributed by atoms with Gasteiger partial charge in [-0.3, -0.25) is 9.97 Å². The van der Waals surface area contributed by atoms with E-state index in [4.69, 9.17) is 0 Å². The zero-order valence-corrected chi connectivity index (χ0v) is 16.2. The maximum absolute atomic E-state index is 4.65. The van der Waals surface area contributed by atoms with E-state index in [2.05, 4.69) is 69.2 Å². The van der Waals surface area contributed by atoms with Crippen LogP contribution in [0.5, 0.6) is 0 Å². The van der Waals surface area contributed by atoms with Crippen molar-refractivity contribution in [1.29, 1.82) is 0 Å². The van der Waals surface area contributed by atoms with E-state index in [1.807, 2.05) is 24.5 Å². The second-order valence-electron chi connectivity index (χ2n) is 7.56. The van der Waals surface area contributed by atoms with Crippen molar-refractivity contribution in [1.82, 2.24) is 19.8 Å². The smallest absolute Gasteiger partial charge is 0.108 e. The Balaban J connectivity index is 1.47. The number of aromatic nitrogens is 2.